The van der Waals surface area contributed by atoms with Crippen molar-refractivity contribution in [1.82, 2.24) is 20.1 Å². The molecule has 0 bridgehead atoms. The molecule has 1 aliphatic rings. The molecule has 1 fully saturated rings. The summed E-state index contributed by atoms with van der Waals surface area (Å²) in [7, 11) is 2.15. The Kier molecular flexibility index (Phi) is 4.93. The Balaban J connectivity index is 1.40. The third-order valence-electron chi connectivity index (χ3n) is 4.89. The minimum Gasteiger partial charge on any atom is -0.444 e. The Morgan fingerprint density at radius 1 is 1.19 bits per heavy atom. The standard InChI is InChI=1S/C20H23N5O/c1-24(13-17-15-26-20(22-17)16-7-3-2-4-8-16)18-9-6-12-25(14-18)19-10-5-11-21-23-19/h2-5,7-8,10-11,15,18H,6,9,12-14H2,1H3/t18-/m1/s1. The average molecular weight is 349 g/mol. The number of piperidine rings is 1. The van der Waals surface area contributed by atoms with Crippen LogP contribution in [0.3, 0.4) is 0 Å². The van der Waals surface area contributed by atoms with Crippen LogP contribution in [-0.4, -0.2) is 46.3 Å². The van der Waals surface area contributed by atoms with Crippen molar-refractivity contribution in [1.29, 1.82) is 0 Å². The summed E-state index contributed by atoms with van der Waals surface area (Å²) >= 11 is 0. The predicted molar refractivity (Wildman–Crippen MR) is 101 cm³/mol. The van der Waals surface area contributed by atoms with Gasteiger partial charge in [-0.1, -0.05) is 18.2 Å². The van der Waals surface area contributed by atoms with Gasteiger partial charge in [0.25, 0.3) is 0 Å². The van der Waals surface area contributed by atoms with Crippen molar-refractivity contribution in [2.24, 2.45) is 0 Å². The molecule has 3 aromatic rings. The molecular formula is C20H23N5O. The van der Waals surface area contributed by atoms with Crippen LogP contribution in [0.25, 0.3) is 11.5 Å². The van der Waals surface area contributed by atoms with Gasteiger partial charge in [0.15, 0.2) is 5.82 Å². The van der Waals surface area contributed by atoms with Gasteiger partial charge in [-0.15, -0.1) is 5.10 Å². The highest BCUT2D eigenvalue weighted by Gasteiger charge is 2.24. The number of aromatic nitrogens is 3. The summed E-state index contributed by atoms with van der Waals surface area (Å²) in [6.45, 7) is 2.76. The van der Waals surface area contributed by atoms with Crippen molar-refractivity contribution in [3.63, 3.8) is 0 Å². The van der Waals surface area contributed by atoms with Crippen molar-refractivity contribution in [2.45, 2.75) is 25.4 Å². The monoisotopic (exact) mass is 349 g/mol. The van der Waals surface area contributed by atoms with Gasteiger partial charge in [-0.05, 0) is 44.2 Å². The fraction of sp³-hybridized carbons (Fsp3) is 0.350. The first-order chi connectivity index (χ1) is 12.8. The lowest BCUT2D eigenvalue weighted by Crippen LogP contribution is -2.46. The summed E-state index contributed by atoms with van der Waals surface area (Å²) in [5.74, 6) is 1.64. The molecule has 6 nitrogen and oxygen atoms in total. The van der Waals surface area contributed by atoms with E-state index in [1.165, 1.54) is 6.42 Å². The van der Waals surface area contributed by atoms with Crippen LogP contribution in [0.15, 0.2) is 59.3 Å². The molecule has 3 heterocycles. The molecular weight excluding hydrogens is 326 g/mol. The Morgan fingerprint density at radius 2 is 2.08 bits per heavy atom. The summed E-state index contributed by atoms with van der Waals surface area (Å²) in [4.78, 5) is 9.32. The highest BCUT2D eigenvalue weighted by molar-refractivity contribution is 5.52. The van der Waals surface area contributed by atoms with Crippen molar-refractivity contribution in [2.75, 3.05) is 25.0 Å². The molecule has 1 atom stereocenters. The van der Waals surface area contributed by atoms with Crippen LogP contribution in [0.4, 0.5) is 5.82 Å². The van der Waals surface area contributed by atoms with Gasteiger partial charge in [-0.2, -0.15) is 5.10 Å². The number of hydrogen-bond donors (Lipinski definition) is 0. The smallest absolute Gasteiger partial charge is 0.226 e. The lowest BCUT2D eigenvalue weighted by molar-refractivity contribution is 0.205. The molecule has 0 radical (unpaired) electrons. The minimum absolute atomic E-state index is 0.461. The predicted octanol–water partition coefficient (Wildman–Crippen LogP) is 3.23. The average Bonchev–Trinajstić information content (AvgIpc) is 3.18. The van der Waals surface area contributed by atoms with E-state index in [1.807, 2.05) is 42.5 Å². The molecule has 0 aliphatic carbocycles. The largest absolute Gasteiger partial charge is 0.444 e. The van der Waals surface area contributed by atoms with Crippen LogP contribution < -0.4 is 4.90 Å². The molecule has 26 heavy (non-hydrogen) atoms. The number of nitrogens with zero attached hydrogens (tertiary/aromatic N) is 5. The van der Waals surface area contributed by atoms with Crippen LogP contribution in [0, 0.1) is 0 Å². The number of anilines is 1. The van der Waals surface area contributed by atoms with Crippen LogP contribution >= 0.6 is 0 Å². The number of hydrogen-bond acceptors (Lipinski definition) is 6. The zero-order valence-electron chi connectivity index (χ0n) is 15.0. The molecule has 1 aromatic carbocycles. The van der Waals surface area contributed by atoms with Crippen LogP contribution in [0.5, 0.6) is 0 Å². The zero-order chi connectivity index (χ0) is 17.8. The van der Waals surface area contributed by atoms with Gasteiger partial charge in [0.1, 0.15) is 6.26 Å². The third-order valence-corrected chi connectivity index (χ3v) is 4.89. The van der Waals surface area contributed by atoms with Gasteiger partial charge in [0.05, 0.1) is 5.69 Å². The van der Waals surface area contributed by atoms with E-state index < -0.39 is 0 Å². The first-order valence-electron chi connectivity index (χ1n) is 9.02. The van der Waals surface area contributed by atoms with Gasteiger partial charge in [-0.25, -0.2) is 4.98 Å². The first kappa shape index (κ1) is 16.7. The van der Waals surface area contributed by atoms with Gasteiger partial charge in [0.2, 0.25) is 5.89 Å². The molecule has 6 heteroatoms. The Bertz CT molecular complexity index is 820. The molecule has 0 amide bonds. The highest BCUT2D eigenvalue weighted by Crippen LogP contribution is 2.22. The van der Waals surface area contributed by atoms with Crippen LogP contribution in [-0.2, 0) is 6.54 Å². The lowest BCUT2D eigenvalue weighted by atomic mass is 10.0. The van der Waals surface area contributed by atoms with E-state index in [0.29, 0.717) is 11.9 Å². The summed E-state index contributed by atoms with van der Waals surface area (Å²) in [5, 5.41) is 8.25. The maximum atomic E-state index is 5.66. The fourth-order valence-electron chi connectivity index (χ4n) is 3.46. The molecule has 4 rings (SSSR count). The summed E-state index contributed by atoms with van der Waals surface area (Å²) in [6.07, 6.45) is 5.81. The first-order valence-corrected chi connectivity index (χ1v) is 9.02. The van der Waals surface area contributed by atoms with Crippen molar-refractivity contribution >= 4 is 5.82 Å². The van der Waals surface area contributed by atoms with Crippen molar-refractivity contribution in [3.05, 3.63) is 60.6 Å². The van der Waals surface area contributed by atoms with E-state index in [0.717, 1.165) is 43.1 Å². The van der Waals surface area contributed by atoms with E-state index in [4.69, 9.17) is 4.42 Å². The SMILES string of the molecule is CN(Cc1coc(-c2ccccc2)n1)[C@@H]1CCCN(c2cccnn2)C1. The highest BCUT2D eigenvalue weighted by atomic mass is 16.3. The van der Waals surface area contributed by atoms with Gasteiger partial charge in [0, 0.05) is 37.4 Å². The molecule has 0 N–H and O–H groups in total. The molecule has 0 spiro atoms. The quantitative estimate of drug-likeness (QED) is 0.705. The maximum absolute atomic E-state index is 5.66. The van der Waals surface area contributed by atoms with Crippen molar-refractivity contribution < 1.29 is 4.42 Å². The zero-order valence-corrected chi connectivity index (χ0v) is 15.0. The minimum atomic E-state index is 0.461. The topological polar surface area (TPSA) is 58.3 Å². The fourth-order valence-corrected chi connectivity index (χ4v) is 3.46. The Labute approximate surface area is 153 Å². The van der Waals surface area contributed by atoms with E-state index >= 15 is 0 Å². The number of likely N-dealkylation sites (N-methyl/N-ethyl adjacent to an activating group) is 1. The molecule has 1 aliphatic heterocycles. The van der Waals surface area contributed by atoms with Gasteiger partial charge in [-0.3, -0.25) is 4.90 Å². The van der Waals surface area contributed by atoms with Gasteiger partial charge < -0.3 is 9.32 Å². The van der Waals surface area contributed by atoms with E-state index in [2.05, 4.69) is 32.0 Å². The Morgan fingerprint density at radius 3 is 2.88 bits per heavy atom. The second kappa shape index (κ2) is 7.66. The molecule has 0 saturated carbocycles. The van der Waals surface area contributed by atoms with Gasteiger partial charge >= 0.3 is 0 Å². The number of rotatable bonds is 5. The molecule has 0 unspecified atom stereocenters. The van der Waals surface area contributed by atoms with Crippen LogP contribution in [0.2, 0.25) is 0 Å². The normalized spacial score (nSPS) is 17.6. The van der Waals surface area contributed by atoms with Crippen molar-refractivity contribution in [3.8, 4) is 11.5 Å². The number of oxazole rings is 1. The third kappa shape index (κ3) is 3.75. The Hall–Kier alpha value is -2.73. The van der Waals surface area contributed by atoms with E-state index in [9.17, 15) is 0 Å². The summed E-state index contributed by atoms with van der Waals surface area (Å²) in [5.41, 5.74) is 1.97. The lowest BCUT2D eigenvalue weighted by Gasteiger charge is -2.37. The maximum Gasteiger partial charge on any atom is 0.226 e. The molecule has 1 saturated heterocycles. The van der Waals surface area contributed by atoms with Crippen LogP contribution in [0.1, 0.15) is 18.5 Å². The molecule has 2 aromatic heterocycles. The number of benzene rings is 1. The van der Waals surface area contributed by atoms with E-state index in [-0.39, 0.29) is 0 Å². The summed E-state index contributed by atoms with van der Waals surface area (Å²) in [6, 6.07) is 14.4. The summed E-state index contributed by atoms with van der Waals surface area (Å²) < 4.78 is 5.66. The second-order valence-corrected chi connectivity index (χ2v) is 6.75. The molecule has 134 valence electrons. The second-order valence-electron chi connectivity index (χ2n) is 6.75. The van der Waals surface area contributed by atoms with E-state index in [1.54, 1.807) is 12.5 Å².